The Labute approximate surface area is 105 Å². The second-order valence-corrected chi connectivity index (χ2v) is 4.58. The molecule has 2 heterocycles. The molecule has 1 aromatic rings. The van der Waals surface area contributed by atoms with Crippen LogP contribution in [0.3, 0.4) is 0 Å². The van der Waals surface area contributed by atoms with Gasteiger partial charge in [0.15, 0.2) is 5.69 Å². The number of amides is 1. The van der Waals surface area contributed by atoms with E-state index in [4.69, 9.17) is 0 Å². The predicted octanol–water partition coefficient (Wildman–Crippen LogP) is 0.782. The van der Waals surface area contributed by atoms with Crippen LogP contribution < -0.4 is 5.32 Å². The van der Waals surface area contributed by atoms with Gasteiger partial charge in [0.2, 0.25) is 0 Å². The van der Waals surface area contributed by atoms with Crippen molar-refractivity contribution in [1.82, 2.24) is 19.8 Å². The zero-order valence-electron chi connectivity index (χ0n) is 9.21. The molecule has 1 N–H and O–H groups in total. The summed E-state index contributed by atoms with van der Waals surface area (Å²) in [6, 6.07) is 0.675. The van der Waals surface area contributed by atoms with E-state index in [1.807, 2.05) is 4.90 Å². The minimum Gasteiger partial charge on any atom is -0.334 e. The van der Waals surface area contributed by atoms with E-state index >= 15 is 0 Å². The second kappa shape index (κ2) is 5.56. The van der Waals surface area contributed by atoms with Crippen LogP contribution in [0.4, 0.5) is 0 Å². The molecule has 1 fully saturated rings. The van der Waals surface area contributed by atoms with Crippen molar-refractivity contribution in [1.29, 1.82) is 0 Å². The Hall–Kier alpha value is -0.720. The summed E-state index contributed by atoms with van der Waals surface area (Å²) in [4.78, 5) is 13.8. The fourth-order valence-electron chi connectivity index (χ4n) is 1.91. The summed E-state index contributed by atoms with van der Waals surface area (Å²) in [5.74, 6) is -0.0102. The first-order valence-corrected chi connectivity index (χ1v) is 5.83. The smallest absolute Gasteiger partial charge is 0.275 e. The van der Waals surface area contributed by atoms with Gasteiger partial charge in [-0.2, -0.15) is 0 Å². The standard InChI is InChI=1S/C9H14N4OS.ClH/c1-6-3-13(4-7(2)10-6)9(14)8-5-15-12-11-8;/h5-7,10H,3-4H2,1-2H3;1H. The number of piperazine rings is 1. The van der Waals surface area contributed by atoms with E-state index in [2.05, 4.69) is 28.8 Å². The molecule has 7 heteroatoms. The first-order valence-electron chi connectivity index (χ1n) is 4.99. The molecule has 0 aromatic carbocycles. The van der Waals surface area contributed by atoms with E-state index in [9.17, 15) is 4.79 Å². The van der Waals surface area contributed by atoms with E-state index in [0.29, 0.717) is 17.8 Å². The topological polar surface area (TPSA) is 58.1 Å². The Bertz CT molecular complexity index is 335. The van der Waals surface area contributed by atoms with E-state index < -0.39 is 0 Å². The number of rotatable bonds is 1. The maximum Gasteiger partial charge on any atom is 0.275 e. The monoisotopic (exact) mass is 262 g/mol. The van der Waals surface area contributed by atoms with Crippen LogP contribution in [-0.4, -0.2) is 45.6 Å². The minimum atomic E-state index is -0.0102. The molecule has 0 saturated carbocycles. The summed E-state index contributed by atoms with van der Waals surface area (Å²) < 4.78 is 3.70. The number of carbonyl (C=O) groups is 1. The van der Waals surface area contributed by atoms with E-state index in [0.717, 1.165) is 13.1 Å². The Kier molecular flexibility index (Phi) is 4.64. The largest absolute Gasteiger partial charge is 0.334 e. The molecule has 2 atom stereocenters. The summed E-state index contributed by atoms with van der Waals surface area (Å²) in [5, 5.41) is 8.87. The fourth-order valence-corrected chi connectivity index (χ4v) is 2.34. The van der Waals surface area contributed by atoms with Gasteiger partial charge in [-0.1, -0.05) is 4.49 Å². The number of hydrogen-bond acceptors (Lipinski definition) is 5. The molecule has 2 rings (SSSR count). The van der Waals surface area contributed by atoms with Crippen molar-refractivity contribution in [2.24, 2.45) is 0 Å². The van der Waals surface area contributed by atoms with E-state index in [1.54, 1.807) is 5.38 Å². The third kappa shape index (κ3) is 2.90. The fraction of sp³-hybridized carbons (Fsp3) is 0.667. The molecule has 5 nitrogen and oxygen atoms in total. The van der Waals surface area contributed by atoms with Gasteiger partial charge < -0.3 is 10.2 Å². The lowest BCUT2D eigenvalue weighted by Gasteiger charge is -2.35. The lowest BCUT2D eigenvalue weighted by molar-refractivity contribution is 0.0668. The number of nitrogens with one attached hydrogen (secondary N) is 1. The van der Waals surface area contributed by atoms with Crippen LogP contribution in [0.1, 0.15) is 24.3 Å². The highest BCUT2D eigenvalue weighted by atomic mass is 35.5. The van der Waals surface area contributed by atoms with Crippen LogP contribution in [0.15, 0.2) is 5.38 Å². The second-order valence-electron chi connectivity index (χ2n) is 3.97. The third-order valence-corrected chi connectivity index (χ3v) is 2.93. The SMILES string of the molecule is CC1CN(C(=O)c2csnn2)CC(C)N1.Cl. The van der Waals surface area contributed by atoms with Crippen LogP contribution >= 0.6 is 23.9 Å². The van der Waals surface area contributed by atoms with Gasteiger partial charge in [-0.15, -0.1) is 17.5 Å². The molecule has 1 amide bonds. The van der Waals surface area contributed by atoms with Crippen molar-refractivity contribution in [3.63, 3.8) is 0 Å². The van der Waals surface area contributed by atoms with Crippen molar-refractivity contribution >= 4 is 29.8 Å². The van der Waals surface area contributed by atoms with Gasteiger partial charge >= 0.3 is 0 Å². The Morgan fingerprint density at radius 1 is 1.50 bits per heavy atom. The molecule has 1 aliphatic rings. The highest BCUT2D eigenvalue weighted by Crippen LogP contribution is 2.09. The maximum atomic E-state index is 12.0. The zero-order valence-corrected chi connectivity index (χ0v) is 10.8. The van der Waals surface area contributed by atoms with Gasteiger partial charge in [0, 0.05) is 30.6 Å². The highest BCUT2D eigenvalue weighted by molar-refractivity contribution is 7.03. The van der Waals surface area contributed by atoms with Gasteiger partial charge in [-0.3, -0.25) is 4.79 Å². The molecule has 1 aliphatic heterocycles. The first kappa shape index (κ1) is 13.3. The van der Waals surface area contributed by atoms with Gasteiger partial charge in [0.1, 0.15) is 0 Å². The van der Waals surface area contributed by atoms with E-state index in [1.165, 1.54) is 11.5 Å². The summed E-state index contributed by atoms with van der Waals surface area (Å²) in [6.45, 7) is 5.63. The zero-order chi connectivity index (χ0) is 10.8. The van der Waals surface area contributed by atoms with Crippen LogP contribution in [0, 0.1) is 0 Å². The molecule has 0 spiro atoms. The number of nitrogens with zero attached hydrogens (tertiary/aromatic N) is 3. The Morgan fingerprint density at radius 3 is 2.62 bits per heavy atom. The molecule has 0 bridgehead atoms. The van der Waals surface area contributed by atoms with Crippen molar-refractivity contribution in [2.45, 2.75) is 25.9 Å². The number of carbonyl (C=O) groups excluding carboxylic acids is 1. The average molecular weight is 263 g/mol. The van der Waals surface area contributed by atoms with Crippen LogP contribution in [0.2, 0.25) is 0 Å². The average Bonchev–Trinajstić information content (AvgIpc) is 2.67. The third-order valence-electron chi connectivity index (χ3n) is 2.42. The van der Waals surface area contributed by atoms with Crippen LogP contribution in [-0.2, 0) is 0 Å². The van der Waals surface area contributed by atoms with Crippen molar-refractivity contribution < 1.29 is 4.79 Å². The van der Waals surface area contributed by atoms with Gasteiger partial charge in [0.25, 0.3) is 5.91 Å². The summed E-state index contributed by atoms with van der Waals surface area (Å²) in [5.41, 5.74) is 0.460. The summed E-state index contributed by atoms with van der Waals surface area (Å²) in [6.07, 6.45) is 0. The molecular formula is C9H15ClN4OS. The van der Waals surface area contributed by atoms with Gasteiger partial charge in [-0.05, 0) is 25.4 Å². The molecule has 90 valence electrons. The summed E-state index contributed by atoms with van der Waals surface area (Å²) in [7, 11) is 0. The quantitative estimate of drug-likeness (QED) is 0.813. The number of hydrogen-bond donors (Lipinski definition) is 1. The molecule has 0 aliphatic carbocycles. The van der Waals surface area contributed by atoms with Crippen LogP contribution in [0.5, 0.6) is 0 Å². The van der Waals surface area contributed by atoms with Crippen molar-refractivity contribution in [3.8, 4) is 0 Å². The molecule has 16 heavy (non-hydrogen) atoms. The lowest BCUT2D eigenvalue weighted by atomic mass is 10.1. The predicted molar refractivity (Wildman–Crippen MR) is 65.1 cm³/mol. The highest BCUT2D eigenvalue weighted by Gasteiger charge is 2.26. The van der Waals surface area contributed by atoms with Gasteiger partial charge in [0.05, 0.1) is 0 Å². The normalized spacial score (nSPS) is 25.0. The molecule has 1 aromatic heterocycles. The molecule has 2 unspecified atom stereocenters. The minimum absolute atomic E-state index is 0. The maximum absolute atomic E-state index is 12.0. The number of halogens is 1. The lowest BCUT2D eigenvalue weighted by Crippen LogP contribution is -2.55. The molecule has 0 radical (unpaired) electrons. The Morgan fingerprint density at radius 2 is 2.12 bits per heavy atom. The molecule has 1 saturated heterocycles. The van der Waals surface area contributed by atoms with E-state index in [-0.39, 0.29) is 18.3 Å². The number of aromatic nitrogens is 2. The molecular weight excluding hydrogens is 248 g/mol. The Balaban J connectivity index is 0.00000128. The van der Waals surface area contributed by atoms with Crippen molar-refractivity contribution in [2.75, 3.05) is 13.1 Å². The van der Waals surface area contributed by atoms with Crippen LogP contribution in [0.25, 0.3) is 0 Å². The first-order chi connectivity index (χ1) is 7.16. The van der Waals surface area contributed by atoms with Crippen molar-refractivity contribution in [3.05, 3.63) is 11.1 Å². The summed E-state index contributed by atoms with van der Waals surface area (Å²) >= 11 is 1.21. The van der Waals surface area contributed by atoms with Gasteiger partial charge in [-0.25, -0.2) is 0 Å².